The van der Waals surface area contributed by atoms with E-state index in [1.807, 2.05) is 13.8 Å². The molecule has 1 aliphatic rings. The maximum Gasteiger partial charge on any atom is 0.305 e. The van der Waals surface area contributed by atoms with Crippen LogP contribution in [0.2, 0.25) is 0 Å². The summed E-state index contributed by atoms with van der Waals surface area (Å²) >= 11 is 0. The maximum atomic E-state index is 12.3. The van der Waals surface area contributed by atoms with E-state index in [9.17, 15) is 28.8 Å². The van der Waals surface area contributed by atoms with E-state index < -0.39 is 11.9 Å². The van der Waals surface area contributed by atoms with Gasteiger partial charge in [0.05, 0.1) is 7.11 Å². The van der Waals surface area contributed by atoms with Crippen LogP contribution >= 0.6 is 0 Å². The Morgan fingerprint density at radius 2 is 1.05 bits per heavy atom. The highest BCUT2D eigenvalue weighted by atomic mass is 16.5. The van der Waals surface area contributed by atoms with E-state index in [1.165, 1.54) is 64.9 Å². The minimum absolute atomic E-state index is 0.0198. The molecule has 1 fully saturated rings. The van der Waals surface area contributed by atoms with Crippen molar-refractivity contribution >= 4 is 35.5 Å². The van der Waals surface area contributed by atoms with Crippen LogP contribution in [-0.2, 0) is 33.5 Å². The maximum absolute atomic E-state index is 12.3. The second-order valence-corrected chi connectivity index (χ2v) is 16.6. The number of aliphatic carboxylic acids is 2. The molecule has 1 saturated heterocycles. The van der Waals surface area contributed by atoms with Crippen LogP contribution in [0.3, 0.4) is 0 Å². The molecule has 13 nitrogen and oxygen atoms in total. The van der Waals surface area contributed by atoms with Gasteiger partial charge in [-0.05, 0) is 81.7 Å². The van der Waals surface area contributed by atoms with Crippen LogP contribution in [0.5, 0.6) is 0 Å². The number of hydrogen-bond acceptors (Lipinski definition) is 9. The third-order valence-corrected chi connectivity index (χ3v) is 11.5. The zero-order chi connectivity index (χ0) is 46.5. The number of methoxy groups -OCH3 is 1. The summed E-state index contributed by atoms with van der Waals surface area (Å²) in [6, 6.07) is 0. The number of carbonyl (C=O) groups excluding carboxylic acids is 4. The van der Waals surface area contributed by atoms with Gasteiger partial charge < -0.3 is 37.1 Å². The number of carbonyl (C=O) groups is 6. The molecular weight excluding hydrogens is 777 g/mol. The molecule has 0 aliphatic carbocycles. The number of amides is 2. The standard InChI is InChI=1S/C26H49NO4.C10H18O4.C6H16N2.C6H11NO/c1-5-8-9-10-11-12-14-17-24(28)18-15-13-16-19-27-25(29)20-22(6-2)23(7-3)21-26(30)31-4;1-3-7(5-9(11)12)8(4-2)6-10(13)14;7-5-3-1-2-4-6-8;8-6-4-2-1-3-5-7-6/h22-23H,5-21H2,1-4H3,(H,27,29);7-8H,3-6H2,1-2H3,(H,11,12)(H,13,14);1-8H2;1-5H2,(H,7,8). The minimum atomic E-state index is -0.847. The molecule has 1 aliphatic heterocycles. The zero-order valence-corrected chi connectivity index (χ0v) is 39.8. The van der Waals surface area contributed by atoms with Crippen molar-refractivity contribution in [2.24, 2.45) is 35.1 Å². The molecule has 0 bridgehead atoms. The normalized spacial score (nSPS) is 14.1. The Labute approximate surface area is 371 Å². The molecular formula is C48H94N4O9. The summed E-state index contributed by atoms with van der Waals surface area (Å²) in [5.41, 5.74) is 10.6. The Kier molecular flexibility index (Phi) is 47.4. The van der Waals surface area contributed by atoms with Gasteiger partial charge in [0, 0.05) is 58.0 Å². The third-order valence-electron chi connectivity index (χ3n) is 11.5. The van der Waals surface area contributed by atoms with Crippen molar-refractivity contribution in [1.29, 1.82) is 0 Å². The molecule has 8 N–H and O–H groups in total. The first-order valence-corrected chi connectivity index (χ1v) is 24.3. The molecule has 1 rings (SSSR count). The smallest absolute Gasteiger partial charge is 0.305 e. The number of hydrogen-bond donors (Lipinski definition) is 6. The first kappa shape index (κ1) is 62.2. The average molecular weight is 871 g/mol. The molecule has 0 saturated carbocycles. The predicted octanol–water partition coefficient (Wildman–Crippen LogP) is 9.51. The molecule has 0 aromatic heterocycles. The lowest BCUT2D eigenvalue weighted by molar-refractivity contribution is -0.142. The van der Waals surface area contributed by atoms with Crippen molar-refractivity contribution < 1.29 is 43.7 Å². The van der Waals surface area contributed by atoms with Crippen LogP contribution in [-0.4, -0.2) is 79.0 Å². The zero-order valence-electron chi connectivity index (χ0n) is 39.8. The molecule has 0 spiro atoms. The summed E-state index contributed by atoms with van der Waals surface area (Å²) in [4.78, 5) is 67.4. The van der Waals surface area contributed by atoms with E-state index in [0.29, 0.717) is 31.6 Å². The van der Waals surface area contributed by atoms with E-state index in [2.05, 4.69) is 31.4 Å². The number of ether oxygens (including phenoxy) is 1. The Balaban J connectivity index is -0.000000905. The summed E-state index contributed by atoms with van der Waals surface area (Å²) in [5.74, 6) is -0.873. The molecule has 1 heterocycles. The van der Waals surface area contributed by atoms with Crippen molar-refractivity contribution in [3.8, 4) is 0 Å². The monoisotopic (exact) mass is 871 g/mol. The number of ketones is 1. The second-order valence-electron chi connectivity index (χ2n) is 16.6. The number of carboxylic acid groups (broad SMARTS) is 2. The van der Waals surface area contributed by atoms with Crippen molar-refractivity contribution in [2.75, 3.05) is 33.3 Å². The summed E-state index contributed by atoms with van der Waals surface area (Å²) in [6.45, 7) is 13.4. The highest BCUT2D eigenvalue weighted by Gasteiger charge is 2.25. The van der Waals surface area contributed by atoms with Gasteiger partial charge in [0.2, 0.25) is 11.8 Å². The first-order valence-electron chi connectivity index (χ1n) is 24.3. The van der Waals surface area contributed by atoms with Gasteiger partial charge in [-0.3, -0.25) is 28.8 Å². The second kappa shape index (κ2) is 46.4. The van der Waals surface area contributed by atoms with Gasteiger partial charge in [-0.2, -0.15) is 0 Å². The number of Topliss-reactive ketones (excluding diaryl/α,β-unsaturated/α-hetero) is 1. The number of carboxylic acids is 2. The van der Waals surface area contributed by atoms with Crippen molar-refractivity contribution in [1.82, 2.24) is 10.6 Å². The molecule has 2 amide bonds. The van der Waals surface area contributed by atoms with Gasteiger partial charge in [0.25, 0.3) is 0 Å². The van der Waals surface area contributed by atoms with Crippen LogP contribution < -0.4 is 22.1 Å². The highest BCUT2D eigenvalue weighted by molar-refractivity contribution is 5.78. The van der Waals surface area contributed by atoms with Gasteiger partial charge in [-0.1, -0.05) is 125 Å². The number of nitrogens with one attached hydrogen (secondary N) is 2. The number of rotatable bonds is 33. The Morgan fingerprint density at radius 1 is 0.607 bits per heavy atom. The van der Waals surface area contributed by atoms with Gasteiger partial charge in [-0.25, -0.2) is 0 Å². The van der Waals surface area contributed by atoms with E-state index >= 15 is 0 Å². The average Bonchev–Trinajstić information content (AvgIpc) is 3.50. The Bertz CT molecular complexity index is 1050. The van der Waals surface area contributed by atoms with E-state index in [0.717, 1.165) is 110 Å². The third kappa shape index (κ3) is 43.4. The SMILES string of the molecule is CCC(CC(=O)O)C(CC)CC(=O)O.CCCCCCCCCC(=O)CCCCCNC(=O)CC(CC)C(CC)CC(=O)OC.NCCCCCCN.O=C1CCCCCN1. The molecule has 4 atom stereocenters. The largest absolute Gasteiger partial charge is 0.481 e. The lowest BCUT2D eigenvalue weighted by Crippen LogP contribution is -2.29. The van der Waals surface area contributed by atoms with Crippen LogP contribution in [0, 0.1) is 23.7 Å². The number of esters is 1. The van der Waals surface area contributed by atoms with Gasteiger partial charge in [0.15, 0.2) is 0 Å². The van der Waals surface area contributed by atoms with Gasteiger partial charge >= 0.3 is 17.9 Å². The fourth-order valence-corrected chi connectivity index (χ4v) is 7.44. The van der Waals surface area contributed by atoms with Crippen LogP contribution in [0.15, 0.2) is 0 Å². The van der Waals surface area contributed by atoms with E-state index in [1.54, 1.807) is 0 Å². The first-order chi connectivity index (χ1) is 29.3. The van der Waals surface area contributed by atoms with E-state index in [-0.39, 0.29) is 54.3 Å². The highest BCUT2D eigenvalue weighted by Crippen LogP contribution is 2.27. The molecule has 0 aromatic rings. The van der Waals surface area contributed by atoms with Crippen LogP contribution in [0.1, 0.15) is 214 Å². The molecule has 0 radical (unpaired) electrons. The fraction of sp³-hybridized carbons (Fsp3) is 0.875. The summed E-state index contributed by atoms with van der Waals surface area (Å²) in [6.07, 6.45) is 26.0. The topological polar surface area (TPSA) is 228 Å². The van der Waals surface area contributed by atoms with Crippen molar-refractivity contribution in [3.05, 3.63) is 0 Å². The quantitative estimate of drug-likeness (QED) is 0.0269. The summed E-state index contributed by atoms with van der Waals surface area (Å²) in [5, 5.41) is 23.1. The lowest BCUT2D eigenvalue weighted by Gasteiger charge is -2.24. The molecule has 4 unspecified atom stereocenters. The van der Waals surface area contributed by atoms with Crippen LogP contribution in [0.25, 0.3) is 0 Å². The molecule has 13 heteroatoms. The fourth-order valence-electron chi connectivity index (χ4n) is 7.44. The predicted molar refractivity (Wildman–Crippen MR) is 248 cm³/mol. The van der Waals surface area contributed by atoms with Crippen molar-refractivity contribution in [2.45, 2.75) is 214 Å². The van der Waals surface area contributed by atoms with E-state index in [4.69, 9.17) is 26.4 Å². The number of nitrogens with two attached hydrogens (primary N) is 2. The summed E-state index contributed by atoms with van der Waals surface area (Å²) < 4.78 is 4.78. The molecule has 61 heavy (non-hydrogen) atoms. The van der Waals surface area contributed by atoms with Crippen molar-refractivity contribution in [3.63, 3.8) is 0 Å². The molecule has 360 valence electrons. The summed E-state index contributed by atoms with van der Waals surface area (Å²) in [7, 11) is 1.41. The van der Waals surface area contributed by atoms with Gasteiger partial charge in [0.1, 0.15) is 5.78 Å². The lowest BCUT2D eigenvalue weighted by atomic mass is 9.83. The Hall–Kier alpha value is -3.06. The Morgan fingerprint density at radius 3 is 1.51 bits per heavy atom. The van der Waals surface area contributed by atoms with Crippen LogP contribution in [0.4, 0.5) is 0 Å². The minimum Gasteiger partial charge on any atom is -0.481 e. The van der Waals surface area contributed by atoms with Gasteiger partial charge in [-0.15, -0.1) is 0 Å². The molecule has 0 aromatic carbocycles. The number of unbranched alkanes of at least 4 members (excludes halogenated alkanes) is 11.